The number of aromatic amines is 1. The Hall–Kier alpha value is -2.38. The molecule has 1 aliphatic rings. The van der Waals surface area contributed by atoms with Gasteiger partial charge in [0.05, 0.1) is 25.9 Å². The number of para-hydroxylation sites is 2. The van der Waals surface area contributed by atoms with Crippen LogP contribution in [0.1, 0.15) is 12.8 Å². The molecule has 1 aliphatic heterocycles. The van der Waals surface area contributed by atoms with Gasteiger partial charge < -0.3 is 33.1 Å². The van der Waals surface area contributed by atoms with Gasteiger partial charge in [0.15, 0.2) is 0 Å². The zero-order chi connectivity index (χ0) is 19.9. The van der Waals surface area contributed by atoms with E-state index in [4.69, 9.17) is 22.1 Å². The molecule has 4 N–H and O–H groups in total. The molecule has 158 valence electrons. The van der Waals surface area contributed by atoms with Gasteiger partial charge in [-0.05, 0) is 24.6 Å². The summed E-state index contributed by atoms with van der Waals surface area (Å²) < 4.78 is 5.48. The van der Waals surface area contributed by atoms with Gasteiger partial charge in [-0.25, -0.2) is 4.98 Å². The van der Waals surface area contributed by atoms with Crippen molar-refractivity contribution >= 4 is 40.5 Å². The lowest BCUT2D eigenvalue weighted by atomic mass is 10.2. The van der Waals surface area contributed by atoms with E-state index in [1.807, 2.05) is 30.3 Å². The number of H-pyrrole nitrogens is 1. The number of hydrogen-bond acceptors (Lipinski definition) is 5. The van der Waals surface area contributed by atoms with Crippen LogP contribution in [0.5, 0.6) is 5.75 Å². The molecule has 7 nitrogen and oxygen atoms in total. The Balaban J connectivity index is 0.00000300. The first-order valence-electron chi connectivity index (χ1n) is 9.43. The number of halogens is 2. The standard InChI is InChI=1S/C20H26ClN5O2.ClH/c1-28-17-6-3-2-5-16(17)25-11-13-26(14-12-25)18-9-8-15(20(22)24-18)23-19(27)7-4-10-21;/h2-3,5-6,8-9H,4,7,10-14H2,1H3,(H2,22,24)(H,23,27);1H. The number of hydrogen-bond donors (Lipinski definition) is 2. The largest absolute Gasteiger partial charge is 1.00 e. The third kappa shape index (κ3) is 5.81. The second-order valence-electron chi connectivity index (χ2n) is 6.66. The van der Waals surface area contributed by atoms with Gasteiger partial charge in [0.2, 0.25) is 17.5 Å². The lowest BCUT2D eigenvalue weighted by Crippen LogP contribution is -3.00. The van der Waals surface area contributed by atoms with Crippen molar-refractivity contribution in [2.45, 2.75) is 12.8 Å². The number of piperazine rings is 1. The lowest BCUT2D eigenvalue weighted by Gasteiger charge is -2.34. The van der Waals surface area contributed by atoms with Crippen LogP contribution < -0.4 is 43.0 Å². The molecular formula is C20H27Cl2N5O2. The molecular weight excluding hydrogens is 413 g/mol. The molecule has 1 saturated heterocycles. The number of nitrogen functional groups attached to an aromatic ring is 1. The van der Waals surface area contributed by atoms with E-state index in [0.717, 1.165) is 43.4 Å². The molecule has 29 heavy (non-hydrogen) atoms. The van der Waals surface area contributed by atoms with Crippen LogP contribution in [0, 0.1) is 0 Å². The quantitative estimate of drug-likeness (QED) is 0.561. The average Bonchev–Trinajstić information content (AvgIpc) is 2.73. The summed E-state index contributed by atoms with van der Waals surface area (Å²) in [5.74, 6) is 2.66. The number of nitrogens with two attached hydrogens (primary N) is 1. The zero-order valence-corrected chi connectivity index (χ0v) is 18.0. The Kier molecular flexibility index (Phi) is 8.67. The fraction of sp³-hybridized carbons (Fsp3) is 0.400. The smallest absolute Gasteiger partial charge is 0.241 e. The second-order valence-corrected chi connectivity index (χ2v) is 7.04. The Morgan fingerprint density at radius 1 is 1.17 bits per heavy atom. The minimum atomic E-state index is -0.0843. The first-order chi connectivity index (χ1) is 13.6. The predicted octanol–water partition coefficient (Wildman–Crippen LogP) is -0.620. The average molecular weight is 440 g/mol. The van der Waals surface area contributed by atoms with E-state index in [2.05, 4.69) is 26.2 Å². The molecule has 9 heteroatoms. The molecule has 1 aromatic carbocycles. The molecule has 2 heterocycles. The maximum atomic E-state index is 11.9. The topological polar surface area (TPSA) is 85.0 Å². The van der Waals surface area contributed by atoms with Gasteiger partial charge in [-0.2, -0.15) is 0 Å². The number of rotatable bonds is 7. The number of pyridine rings is 1. The van der Waals surface area contributed by atoms with Crippen molar-refractivity contribution in [1.82, 2.24) is 0 Å². The number of carbonyl (C=O) groups is 1. The van der Waals surface area contributed by atoms with E-state index in [0.29, 0.717) is 30.2 Å². The van der Waals surface area contributed by atoms with Crippen molar-refractivity contribution < 1.29 is 26.9 Å². The summed E-state index contributed by atoms with van der Waals surface area (Å²) in [5, 5.41) is 2.82. The van der Waals surface area contributed by atoms with Crippen molar-refractivity contribution in [2.24, 2.45) is 0 Å². The van der Waals surface area contributed by atoms with E-state index in [9.17, 15) is 4.79 Å². The molecule has 1 amide bonds. The predicted molar refractivity (Wildman–Crippen MR) is 113 cm³/mol. The van der Waals surface area contributed by atoms with Gasteiger partial charge in [0.25, 0.3) is 0 Å². The van der Waals surface area contributed by atoms with Crippen LogP contribution in [0.25, 0.3) is 0 Å². The SMILES string of the molecule is COc1ccccc1N1CCN(c2ccc(NC(=O)CCCCl)c(N)[nH+]2)CC1.[Cl-]. The molecule has 0 atom stereocenters. The van der Waals surface area contributed by atoms with E-state index in [1.165, 1.54) is 0 Å². The molecule has 0 spiro atoms. The first-order valence-corrected chi connectivity index (χ1v) is 9.96. The maximum absolute atomic E-state index is 11.9. The van der Waals surface area contributed by atoms with Gasteiger partial charge in [-0.15, -0.1) is 11.6 Å². The van der Waals surface area contributed by atoms with E-state index in [1.54, 1.807) is 7.11 Å². The highest BCUT2D eigenvalue weighted by atomic mass is 35.5. The lowest BCUT2D eigenvalue weighted by molar-refractivity contribution is -0.345. The molecule has 1 aromatic heterocycles. The highest BCUT2D eigenvalue weighted by Crippen LogP contribution is 2.29. The Bertz CT molecular complexity index is 813. The first kappa shape index (κ1) is 22.9. The van der Waals surface area contributed by atoms with Gasteiger partial charge in [-0.3, -0.25) is 9.69 Å². The summed E-state index contributed by atoms with van der Waals surface area (Å²) >= 11 is 5.63. The fourth-order valence-electron chi connectivity index (χ4n) is 3.31. The third-order valence-corrected chi connectivity index (χ3v) is 5.09. The fourth-order valence-corrected chi connectivity index (χ4v) is 3.45. The van der Waals surface area contributed by atoms with E-state index >= 15 is 0 Å². The summed E-state index contributed by atoms with van der Waals surface area (Å²) in [6, 6.07) is 11.9. The molecule has 0 bridgehead atoms. The second kappa shape index (κ2) is 11.0. The van der Waals surface area contributed by atoms with Crippen LogP contribution in [-0.2, 0) is 4.79 Å². The molecule has 0 radical (unpaired) electrons. The van der Waals surface area contributed by atoms with Crippen LogP contribution in [0.2, 0.25) is 0 Å². The van der Waals surface area contributed by atoms with Gasteiger partial charge in [0.1, 0.15) is 11.4 Å². The normalized spacial score (nSPS) is 13.6. The van der Waals surface area contributed by atoms with Gasteiger partial charge in [-0.1, -0.05) is 12.1 Å². The van der Waals surface area contributed by atoms with E-state index < -0.39 is 0 Å². The molecule has 1 fully saturated rings. The van der Waals surface area contributed by atoms with Crippen LogP contribution >= 0.6 is 11.6 Å². The van der Waals surface area contributed by atoms with Crippen LogP contribution in [0.4, 0.5) is 23.0 Å². The van der Waals surface area contributed by atoms with Gasteiger partial charge >= 0.3 is 0 Å². The number of benzene rings is 1. The van der Waals surface area contributed by atoms with E-state index in [-0.39, 0.29) is 18.3 Å². The Morgan fingerprint density at radius 2 is 1.86 bits per heavy atom. The summed E-state index contributed by atoms with van der Waals surface area (Å²) in [6.45, 7) is 3.47. The Morgan fingerprint density at radius 3 is 2.52 bits per heavy atom. The van der Waals surface area contributed by atoms with Gasteiger partial charge in [0, 0.05) is 31.5 Å². The molecule has 3 rings (SSSR count). The summed E-state index contributed by atoms with van der Waals surface area (Å²) in [7, 11) is 1.70. The highest BCUT2D eigenvalue weighted by Gasteiger charge is 2.24. The van der Waals surface area contributed by atoms with Crippen LogP contribution in [0.15, 0.2) is 36.4 Å². The molecule has 0 saturated carbocycles. The summed E-state index contributed by atoms with van der Waals surface area (Å²) in [4.78, 5) is 19.6. The molecule has 2 aromatic rings. The zero-order valence-electron chi connectivity index (χ0n) is 16.5. The van der Waals surface area contributed by atoms with Crippen molar-refractivity contribution in [3.8, 4) is 5.75 Å². The minimum Gasteiger partial charge on any atom is -1.00 e. The van der Waals surface area contributed by atoms with Crippen molar-refractivity contribution in [2.75, 3.05) is 60.0 Å². The minimum absolute atomic E-state index is 0. The maximum Gasteiger partial charge on any atom is 0.241 e. The molecule has 0 aliphatic carbocycles. The van der Waals surface area contributed by atoms with Crippen molar-refractivity contribution in [3.63, 3.8) is 0 Å². The van der Waals surface area contributed by atoms with Crippen molar-refractivity contribution in [1.29, 1.82) is 0 Å². The number of nitrogens with one attached hydrogen (secondary N) is 2. The van der Waals surface area contributed by atoms with Crippen LogP contribution in [-0.4, -0.2) is 45.1 Å². The number of anilines is 4. The summed E-state index contributed by atoms with van der Waals surface area (Å²) in [6.07, 6.45) is 1.03. The molecule has 0 unspecified atom stereocenters. The number of carbonyl (C=O) groups excluding carboxylic acids is 1. The Labute approximate surface area is 182 Å². The summed E-state index contributed by atoms with van der Waals surface area (Å²) in [5.41, 5.74) is 7.82. The number of ether oxygens (including phenoxy) is 1. The van der Waals surface area contributed by atoms with Crippen molar-refractivity contribution in [3.05, 3.63) is 36.4 Å². The van der Waals surface area contributed by atoms with Crippen LogP contribution in [0.3, 0.4) is 0 Å². The number of nitrogens with zero attached hydrogens (tertiary/aromatic N) is 2. The number of alkyl halides is 1. The number of amides is 1. The third-order valence-electron chi connectivity index (χ3n) is 4.82. The number of aromatic nitrogens is 1. The highest BCUT2D eigenvalue weighted by molar-refractivity contribution is 6.18. The monoisotopic (exact) mass is 439 g/mol. The number of methoxy groups -OCH3 is 1.